The van der Waals surface area contributed by atoms with Crippen molar-refractivity contribution in [3.63, 3.8) is 0 Å². The molecule has 92 valence electrons. The van der Waals surface area contributed by atoms with Crippen LogP contribution in [0, 0.1) is 5.82 Å². The van der Waals surface area contributed by atoms with Gasteiger partial charge < -0.3 is 11.1 Å². The summed E-state index contributed by atoms with van der Waals surface area (Å²) < 4.78 is 12.7. The molecule has 3 N–H and O–H groups in total. The Bertz CT molecular complexity index is 552. The van der Waals surface area contributed by atoms with E-state index in [2.05, 4.69) is 5.32 Å². The van der Waals surface area contributed by atoms with Gasteiger partial charge in [-0.15, -0.1) is 0 Å². The highest BCUT2D eigenvalue weighted by Gasteiger charge is 2.01. The quantitative estimate of drug-likeness (QED) is 0.868. The number of amides is 1. The molecule has 0 atom stereocenters. The number of nitrogens with two attached hydrogens (primary N) is 1. The molecule has 2 aromatic rings. The zero-order valence-corrected chi connectivity index (χ0v) is 9.69. The third kappa shape index (κ3) is 3.07. The summed E-state index contributed by atoms with van der Waals surface area (Å²) in [5.41, 5.74) is 7.42. The van der Waals surface area contributed by atoms with Crippen LogP contribution in [-0.2, 0) is 6.54 Å². The average molecular weight is 244 g/mol. The van der Waals surface area contributed by atoms with Crippen LogP contribution in [0.25, 0.3) is 0 Å². The van der Waals surface area contributed by atoms with Crippen LogP contribution in [0.1, 0.15) is 15.9 Å². The number of halogens is 1. The summed E-state index contributed by atoms with van der Waals surface area (Å²) in [6.07, 6.45) is 0. The fourth-order valence-corrected chi connectivity index (χ4v) is 1.59. The molecule has 0 bridgehead atoms. The lowest BCUT2D eigenvalue weighted by Crippen LogP contribution is -2.11. The Balaban J connectivity index is 2.04. The Kier molecular flexibility index (Phi) is 3.57. The minimum absolute atomic E-state index is 0.255. The minimum atomic E-state index is -0.458. The molecule has 0 aliphatic heterocycles. The van der Waals surface area contributed by atoms with Gasteiger partial charge in [0.2, 0.25) is 5.91 Å². The fourth-order valence-electron chi connectivity index (χ4n) is 1.59. The van der Waals surface area contributed by atoms with E-state index in [1.54, 1.807) is 30.3 Å². The Morgan fingerprint density at radius 1 is 1.17 bits per heavy atom. The maximum atomic E-state index is 12.7. The number of carbonyl (C=O) groups is 1. The highest BCUT2D eigenvalue weighted by Crippen LogP contribution is 2.12. The van der Waals surface area contributed by atoms with Crippen LogP contribution in [0.3, 0.4) is 0 Å². The van der Waals surface area contributed by atoms with Gasteiger partial charge in [0, 0.05) is 17.8 Å². The van der Waals surface area contributed by atoms with Crippen molar-refractivity contribution in [2.24, 2.45) is 5.73 Å². The van der Waals surface area contributed by atoms with Gasteiger partial charge in [-0.2, -0.15) is 0 Å². The maximum absolute atomic E-state index is 12.7. The highest BCUT2D eigenvalue weighted by molar-refractivity contribution is 5.93. The molecule has 0 unspecified atom stereocenters. The van der Waals surface area contributed by atoms with E-state index in [1.807, 2.05) is 6.07 Å². The van der Waals surface area contributed by atoms with Crippen molar-refractivity contribution in [2.75, 3.05) is 5.32 Å². The van der Waals surface area contributed by atoms with E-state index in [1.165, 1.54) is 12.1 Å². The van der Waals surface area contributed by atoms with Gasteiger partial charge in [0.15, 0.2) is 0 Å². The molecule has 3 nitrogen and oxygen atoms in total. The van der Waals surface area contributed by atoms with E-state index >= 15 is 0 Å². The Labute approximate surface area is 104 Å². The number of hydrogen-bond acceptors (Lipinski definition) is 2. The predicted molar refractivity (Wildman–Crippen MR) is 68.7 cm³/mol. The molecule has 2 rings (SSSR count). The molecule has 0 spiro atoms. The summed E-state index contributed by atoms with van der Waals surface area (Å²) in [7, 11) is 0. The zero-order valence-electron chi connectivity index (χ0n) is 9.69. The third-order valence-electron chi connectivity index (χ3n) is 2.56. The first-order valence-electron chi connectivity index (χ1n) is 5.53. The van der Waals surface area contributed by atoms with Gasteiger partial charge in [0.05, 0.1) is 0 Å². The second-order valence-corrected chi connectivity index (χ2v) is 3.93. The SMILES string of the molecule is NC(=O)c1cccc(NCc2ccc(F)cc2)c1. The molecular formula is C14H13FN2O. The monoisotopic (exact) mass is 244 g/mol. The first kappa shape index (κ1) is 12.1. The number of nitrogens with one attached hydrogen (secondary N) is 1. The molecule has 0 heterocycles. The standard InChI is InChI=1S/C14H13FN2O/c15-12-6-4-10(5-7-12)9-17-13-3-1-2-11(8-13)14(16)18/h1-8,17H,9H2,(H2,16,18). The van der Waals surface area contributed by atoms with Crippen molar-refractivity contribution >= 4 is 11.6 Å². The zero-order chi connectivity index (χ0) is 13.0. The van der Waals surface area contributed by atoms with Gasteiger partial charge >= 0.3 is 0 Å². The lowest BCUT2D eigenvalue weighted by Gasteiger charge is -2.07. The lowest BCUT2D eigenvalue weighted by atomic mass is 10.1. The molecule has 0 radical (unpaired) electrons. The van der Waals surface area contributed by atoms with Crippen molar-refractivity contribution < 1.29 is 9.18 Å². The van der Waals surface area contributed by atoms with E-state index in [4.69, 9.17) is 5.73 Å². The molecule has 4 heteroatoms. The van der Waals surface area contributed by atoms with Crippen LogP contribution in [0.5, 0.6) is 0 Å². The third-order valence-corrected chi connectivity index (χ3v) is 2.56. The predicted octanol–water partition coefficient (Wildman–Crippen LogP) is 2.54. The van der Waals surface area contributed by atoms with Crippen molar-refractivity contribution in [3.05, 3.63) is 65.5 Å². The smallest absolute Gasteiger partial charge is 0.248 e. The summed E-state index contributed by atoms with van der Waals surface area (Å²) in [5.74, 6) is -0.713. The lowest BCUT2D eigenvalue weighted by molar-refractivity contribution is 0.100. The molecular weight excluding hydrogens is 231 g/mol. The first-order chi connectivity index (χ1) is 8.65. The Hall–Kier alpha value is -2.36. The molecule has 2 aromatic carbocycles. The van der Waals surface area contributed by atoms with E-state index in [-0.39, 0.29) is 5.82 Å². The van der Waals surface area contributed by atoms with Gasteiger partial charge in [-0.25, -0.2) is 4.39 Å². The van der Waals surface area contributed by atoms with Gasteiger partial charge in [-0.3, -0.25) is 4.79 Å². The molecule has 0 fully saturated rings. The summed E-state index contributed by atoms with van der Waals surface area (Å²) in [5, 5.41) is 3.15. The summed E-state index contributed by atoms with van der Waals surface area (Å²) in [6.45, 7) is 0.558. The summed E-state index contributed by atoms with van der Waals surface area (Å²) in [6, 6.07) is 13.2. The summed E-state index contributed by atoms with van der Waals surface area (Å²) >= 11 is 0. The van der Waals surface area contributed by atoms with Crippen LogP contribution in [0.2, 0.25) is 0 Å². The van der Waals surface area contributed by atoms with Crippen LogP contribution in [-0.4, -0.2) is 5.91 Å². The molecule has 1 amide bonds. The number of carbonyl (C=O) groups excluding carboxylic acids is 1. The number of benzene rings is 2. The number of anilines is 1. The second-order valence-electron chi connectivity index (χ2n) is 3.93. The van der Waals surface area contributed by atoms with E-state index in [0.29, 0.717) is 12.1 Å². The van der Waals surface area contributed by atoms with Gasteiger partial charge in [-0.1, -0.05) is 18.2 Å². The fraction of sp³-hybridized carbons (Fsp3) is 0.0714. The molecule has 0 aliphatic rings. The van der Waals surface area contributed by atoms with Crippen LogP contribution in [0.4, 0.5) is 10.1 Å². The molecule has 0 saturated carbocycles. The number of rotatable bonds is 4. The van der Waals surface area contributed by atoms with Crippen molar-refractivity contribution in [1.29, 1.82) is 0 Å². The first-order valence-corrected chi connectivity index (χ1v) is 5.53. The second kappa shape index (κ2) is 5.31. The largest absolute Gasteiger partial charge is 0.381 e. The van der Waals surface area contributed by atoms with Gasteiger partial charge in [-0.05, 0) is 35.9 Å². The van der Waals surface area contributed by atoms with E-state index in [9.17, 15) is 9.18 Å². The van der Waals surface area contributed by atoms with Crippen molar-refractivity contribution in [1.82, 2.24) is 0 Å². The molecule has 0 aromatic heterocycles. The Morgan fingerprint density at radius 3 is 2.56 bits per heavy atom. The van der Waals surface area contributed by atoms with Crippen LogP contribution in [0.15, 0.2) is 48.5 Å². The molecule has 18 heavy (non-hydrogen) atoms. The average Bonchev–Trinajstić information content (AvgIpc) is 2.38. The topological polar surface area (TPSA) is 55.1 Å². The Morgan fingerprint density at radius 2 is 1.89 bits per heavy atom. The van der Waals surface area contributed by atoms with Crippen LogP contribution < -0.4 is 11.1 Å². The van der Waals surface area contributed by atoms with Gasteiger partial charge in [0.1, 0.15) is 5.82 Å². The van der Waals surface area contributed by atoms with Crippen molar-refractivity contribution in [2.45, 2.75) is 6.54 Å². The van der Waals surface area contributed by atoms with E-state index < -0.39 is 5.91 Å². The van der Waals surface area contributed by atoms with Crippen molar-refractivity contribution in [3.8, 4) is 0 Å². The number of hydrogen-bond donors (Lipinski definition) is 2. The summed E-state index contributed by atoms with van der Waals surface area (Å²) in [4.78, 5) is 11.0. The molecule has 0 aliphatic carbocycles. The minimum Gasteiger partial charge on any atom is -0.381 e. The van der Waals surface area contributed by atoms with E-state index in [0.717, 1.165) is 11.3 Å². The highest BCUT2D eigenvalue weighted by atomic mass is 19.1. The van der Waals surface area contributed by atoms with Crippen LogP contribution >= 0.6 is 0 Å². The van der Waals surface area contributed by atoms with Gasteiger partial charge in [0.25, 0.3) is 0 Å². The normalized spacial score (nSPS) is 10.1. The maximum Gasteiger partial charge on any atom is 0.248 e. The molecule has 0 saturated heterocycles. The number of primary amides is 1.